The van der Waals surface area contributed by atoms with Crippen molar-refractivity contribution < 1.29 is 15.0 Å². The predicted molar refractivity (Wildman–Crippen MR) is 88.5 cm³/mol. The third-order valence-electron chi connectivity index (χ3n) is 3.25. The van der Waals surface area contributed by atoms with Crippen molar-refractivity contribution in [2.75, 3.05) is 0 Å². The van der Waals surface area contributed by atoms with Crippen molar-refractivity contribution in [2.45, 2.75) is 6.42 Å². The van der Waals surface area contributed by atoms with E-state index >= 15 is 0 Å². The Morgan fingerprint density at radius 2 is 2.04 bits per heavy atom. The largest absolute Gasteiger partial charge is 0.506 e. The number of hydrogen-bond donors (Lipinski definition) is 2. The third-order valence-corrected chi connectivity index (χ3v) is 4.40. The maximum Gasteiger partial charge on any atom is 0.309 e. The summed E-state index contributed by atoms with van der Waals surface area (Å²) >= 11 is 1.26. The first-order chi connectivity index (χ1) is 11.6. The average molecular weight is 337 g/mol. The van der Waals surface area contributed by atoms with E-state index in [9.17, 15) is 9.90 Å². The average Bonchev–Trinajstić information content (AvgIpc) is 2.98. The summed E-state index contributed by atoms with van der Waals surface area (Å²) in [5.41, 5.74) is 1.74. The van der Waals surface area contributed by atoms with E-state index < -0.39 is 5.97 Å². The molecule has 2 heterocycles. The standard InChI is InChI=1S/C17H11N3O3S/c18-8-10-6-13(21)15(19-9-10)17-20-12(7-14(22)23)16(24-17)11-4-2-1-3-5-11/h1-6,9,21H,7H2,(H,22,23). The van der Waals surface area contributed by atoms with Gasteiger partial charge in [0.05, 0.1) is 22.6 Å². The summed E-state index contributed by atoms with van der Waals surface area (Å²) in [5, 5.41) is 28.4. The first kappa shape index (κ1) is 15.6. The van der Waals surface area contributed by atoms with E-state index in [1.165, 1.54) is 23.6 Å². The highest BCUT2D eigenvalue weighted by molar-refractivity contribution is 7.18. The second kappa shape index (κ2) is 6.48. The van der Waals surface area contributed by atoms with Gasteiger partial charge < -0.3 is 10.2 Å². The van der Waals surface area contributed by atoms with Crippen LogP contribution in [0.5, 0.6) is 5.75 Å². The van der Waals surface area contributed by atoms with Gasteiger partial charge in [0, 0.05) is 12.3 Å². The van der Waals surface area contributed by atoms with Gasteiger partial charge in [0.25, 0.3) is 0 Å². The lowest BCUT2D eigenvalue weighted by Crippen LogP contribution is -2.01. The van der Waals surface area contributed by atoms with Crippen LogP contribution in [0.3, 0.4) is 0 Å². The number of carboxylic acids is 1. The lowest BCUT2D eigenvalue weighted by atomic mass is 10.1. The number of aromatic nitrogens is 2. The summed E-state index contributed by atoms with van der Waals surface area (Å²) in [6.45, 7) is 0. The van der Waals surface area contributed by atoms with Gasteiger partial charge in [-0.25, -0.2) is 9.97 Å². The fourth-order valence-corrected chi connectivity index (χ4v) is 3.30. The maximum absolute atomic E-state index is 11.1. The van der Waals surface area contributed by atoms with Crippen LogP contribution in [0.1, 0.15) is 11.3 Å². The molecule has 0 aliphatic rings. The van der Waals surface area contributed by atoms with E-state index in [0.717, 1.165) is 10.4 Å². The molecule has 7 heteroatoms. The molecule has 0 atom stereocenters. The lowest BCUT2D eigenvalue weighted by molar-refractivity contribution is -0.136. The number of rotatable bonds is 4. The summed E-state index contributed by atoms with van der Waals surface area (Å²) in [4.78, 5) is 20.3. The number of thiazole rings is 1. The maximum atomic E-state index is 11.1. The van der Waals surface area contributed by atoms with Crippen molar-refractivity contribution in [3.63, 3.8) is 0 Å². The Bertz CT molecular complexity index is 945. The van der Waals surface area contributed by atoms with E-state index in [1.807, 2.05) is 36.4 Å². The molecule has 0 saturated carbocycles. The number of aliphatic carboxylic acids is 1. The zero-order chi connectivity index (χ0) is 17.1. The minimum atomic E-state index is -0.985. The van der Waals surface area contributed by atoms with E-state index in [1.54, 1.807) is 0 Å². The van der Waals surface area contributed by atoms with Gasteiger partial charge in [-0.2, -0.15) is 5.26 Å². The van der Waals surface area contributed by atoms with Crippen LogP contribution in [0.2, 0.25) is 0 Å². The third kappa shape index (κ3) is 3.09. The quantitative estimate of drug-likeness (QED) is 0.757. The molecule has 0 saturated heterocycles. The molecule has 6 nitrogen and oxygen atoms in total. The molecule has 24 heavy (non-hydrogen) atoms. The molecule has 2 N–H and O–H groups in total. The zero-order valence-corrected chi connectivity index (χ0v) is 13.1. The number of pyridine rings is 1. The highest BCUT2D eigenvalue weighted by atomic mass is 32.1. The van der Waals surface area contributed by atoms with Gasteiger partial charge in [-0.15, -0.1) is 11.3 Å². The molecular formula is C17H11N3O3S. The zero-order valence-electron chi connectivity index (χ0n) is 12.3. The van der Waals surface area contributed by atoms with E-state index in [-0.39, 0.29) is 23.4 Å². The van der Waals surface area contributed by atoms with Gasteiger partial charge in [-0.3, -0.25) is 4.79 Å². The Balaban J connectivity index is 2.12. The molecule has 0 unspecified atom stereocenters. The van der Waals surface area contributed by atoms with Crippen LogP contribution in [0.4, 0.5) is 0 Å². The first-order valence-corrected chi connectivity index (χ1v) is 7.76. The number of benzene rings is 1. The van der Waals surface area contributed by atoms with E-state index in [4.69, 9.17) is 10.4 Å². The van der Waals surface area contributed by atoms with Crippen molar-refractivity contribution in [2.24, 2.45) is 0 Å². The number of hydrogen-bond acceptors (Lipinski definition) is 6. The molecule has 0 spiro atoms. The first-order valence-electron chi connectivity index (χ1n) is 6.95. The summed E-state index contributed by atoms with van der Waals surface area (Å²) in [5.74, 6) is -1.15. The molecule has 0 fully saturated rings. The van der Waals surface area contributed by atoms with Crippen molar-refractivity contribution in [1.29, 1.82) is 5.26 Å². The van der Waals surface area contributed by atoms with Crippen molar-refractivity contribution in [3.8, 4) is 33.0 Å². The van der Waals surface area contributed by atoms with Crippen molar-refractivity contribution in [3.05, 3.63) is 53.9 Å². The van der Waals surface area contributed by atoms with Crippen LogP contribution in [0.15, 0.2) is 42.6 Å². The Morgan fingerprint density at radius 1 is 1.29 bits per heavy atom. The monoisotopic (exact) mass is 337 g/mol. The Morgan fingerprint density at radius 3 is 2.67 bits per heavy atom. The molecule has 0 radical (unpaired) electrons. The Labute approximate surface area is 141 Å². The number of aromatic hydroxyl groups is 1. The summed E-state index contributed by atoms with van der Waals surface area (Å²) in [6, 6.07) is 12.5. The highest BCUT2D eigenvalue weighted by Gasteiger charge is 2.19. The molecule has 0 aliphatic carbocycles. The molecule has 3 aromatic rings. The SMILES string of the molecule is N#Cc1cnc(-c2nc(CC(=O)O)c(-c3ccccc3)s2)c(O)c1. The molecule has 1 aromatic carbocycles. The highest BCUT2D eigenvalue weighted by Crippen LogP contribution is 2.38. The summed E-state index contributed by atoms with van der Waals surface area (Å²) < 4.78 is 0. The minimum absolute atomic E-state index is 0.163. The molecule has 0 amide bonds. The van der Waals surface area contributed by atoms with Gasteiger partial charge in [-0.1, -0.05) is 30.3 Å². The lowest BCUT2D eigenvalue weighted by Gasteiger charge is -1.99. The van der Waals surface area contributed by atoms with Crippen LogP contribution >= 0.6 is 11.3 Å². The number of carboxylic acid groups (broad SMARTS) is 1. The molecular weight excluding hydrogens is 326 g/mol. The van der Waals surface area contributed by atoms with E-state index in [0.29, 0.717) is 10.7 Å². The van der Waals surface area contributed by atoms with Crippen LogP contribution in [0, 0.1) is 11.3 Å². The molecule has 0 aliphatic heterocycles. The van der Waals surface area contributed by atoms with Gasteiger partial charge in [0.15, 0.2) is 0 Å². The fourth-order valence-electron chi connectivity index (χ4n) is 2.21. The number of carbonyl (C=O) groups is 1. The van der Waals surface area contributed by atoms with Gasteiger partial charge in [0.1, 0.15) is 22.5 Å². The molecule has 3 rings (SSSR count). The van der Waals surface area contributed by atoms with E-state index in [2.05, 4.69) is 9.97 Å². The second-order valence-electron chi connectivity index (χ2n) is 4.93. The van der Waals surface area contributed by atoms with Crippen molar-refractivity contribution >= 4 is 17.3 Å². The topological polar surface area (TPSA) is 107 Å². The number of nitrogens with zero attached hydrogens (tertiary/aromatic N) is 3. The smallest absolute Gasteiger partial charge is 0.309 e. The normalized spacial score (nSPS) is 10.3. The van der Waals surface area contributed by atoms with Crippen molar-refractivity contribution in [1.82, 2.24) is 9.97 Å². The minimum Gasteiger partial charge on any atom is -0.506 e. The van der Waals surface area contributed by atoms with Gasteiger partial charge in [-0.05, 0) is 5.56 Å². The summed E-state index contributed by atoms with van der Waals surface area (Å²) in [6.07, 6.45) is 1.12. The van der Waals surface area contributed by atoms with Crippen LogP contribution in [-0.4, -0.2) is 26.2 Å². The summed E-state index contributed by atoms with van der Waals surface area (Å²) in [7, 11) is 0. The van der Waals surface area contributed by atoms with Crippen LogP contribution in [-0.2, 0) is 11.2 Å². The van der Waals surface area contributed by atoms with Crippen LogP contribution < -0.4 is 0 Å². The molecule has 2 aromatic heterocycles. The van der Waals surface area contributed by atoms with Crippen LogP contribution in [0.25, 0.3) is 21.1 Å². The predicted octanol–water partition coefficient (Wildman–Crippen LogP) is 3.08. The van der Waals surface area contributed by atoms with Gasteiger partial charge >= 0.3 is 5.97 Å². The second-order valence-corrected chi connectivity index (χ2v) is 5.93. The number of nitriles is 1. The fraction of sp³-hybridized carbons (Fsp3) is 0.0588. The molecule has 118 valence electrons. The molecule has 0 bridgehead atoms. The Kier molecular flexibility index (Phi) is 4.22. The van der Waals surface area contributed by atoms with Gasteiger partial charge in [0.2, 0.25) is 0 Å². The Hall–Kier alpha value is -3.24.